The third-order valence-corrected chi connectivity index (χ3v) is 4.11. The van der Waals surface area contributed by atoms with Gasteiger partial charge in [-0.15, -0.1) is 0 Å². The molecule has 1 fully saturated rings. The summed E-state index contributed by atoms with van der Waals surface area (Å²) < 4.78 is 0. The van der Waals surface area contributed by atoms with Gasteiger partial charge in [-0.3, -0.25) is 0 Å². The summed E-state index contributed by atoms with van der Waals surface area (Å²) in [4.78, 5) is 0. The summed E-state index contributed by atoms with van der Waals surface area (Å²) in [5.74, 6) is 0. The summed E-state index contributed by atoms with van der Waals surface area (Å²) in [5.41, 5.74) is 1.70. The van der Waals surface area contributed by atoms with E-state index >= 15 is 0 Å². The van der Waals surface area contributed by atoms with E-state index in [9.17, 15) is 5.11 Å². The average molecular weight is 192 g/mol. The van der Waals surface area contributed by atoms with Crippen molar-refractivity contribution in [2.75, 3.05) is 0 Å². The number of aliphatic hydroxyl groups is 1. The summed E-state index contributed by atoms with van der Waals surface area (Å²) in [5, 5.41) is 10.0. The van der Waals surface area contributed by atoms with E-state index in [2.05, 4.69) is 39.0 Å². The molecule has 0 spiro atoms. The molecule has 1 nitrogen and oxygen atoms in total. The average Bonchev–Trinajstić information content (AvgIpc) is 2.13. The van der Waals surface area contributed by atoms with Gasteiger partial charge in [0.25, 0.3) is 0 Å². The van der Waals surface area contributed by atoms with Gasteiger partial charge in [-0.1, -0.05) is 44.6 Å². The standard InChI is InChI=1S/C13H20O/c1-12(2)10-6-4-5-8-13(10,3)9-7-11(12)14/h4-6,11,14H,7-9H2,1-3H3/t11-,13-/m1/s1. The Labute approximate surface area is 86.5 Å². The maximum absolute atomic E-state index is 10.0. The third kappa shape index (κ3) is 1.26. The highest BCUT2D eigenvalue weighted by atomic mass is 16.3. The third-order valence-electron chi connectivity index (χ3n) is 4.11. The van der Waals surface area contributed by atoms with E-state index in [1.54, 1.807) is 0 Å². The topological polar surface area (TPSA) is 20.2 Å². The highest BCUT2D eigenvalue weighted by Gasteiger charge is 2.46. The zero-order chi connectivity index (χ0) is 10.4. The number of hydrogen-bond donors (Lipinski definition) is 1. The van der Waals surface area contributed by atoms with Crippen LogP contribution in [-0.2, 0) is 0 Å². The molecule has 0 aliphatic heterocycles. The molecule has 2 aliphatic rings. The van der Waals surface area contributed by atoms with Crippen LogP contribution < -0.4 is 0 Å². The minimum absolute atomic E-state index is 0.0439. The smallest absolute Gasteiger partial charge is 0.0628 e. The number of rotatable bonds is 0. The molecule has 2 aliphatic carbocycles. The predicted octanol–water partition coefficient (Wildman–Crippen LogP) is 3.06. The Morgan fingerprint density at radius 2 is 2.07 bits per heavy atom. The van der Waals surface area contributed by atoms with Crippen molar-refractivity contribution in [1.29, 1.82) is 0 Å². The highest BCUT2D eigenvalue weighted by molar-refractivity contribution is 5.33. The first-order valence-corrected chi connectivity index (χ1v) is 5.53. The van der Waals surface area contributed by atoms with Crippen LogP contribution in [-0.4, -0.2) is 11.2 Å². The minimum atomic E-state index is -0.173. The fraction of sp³-hybridized carbons (Fsp3) is 0.692. The first-order valence-electron chi connectivity index (χ1n) is 5.53. The van der Waals surface area contributed by atoms with Crippen molar-refractivity contribution >= 4 is 0 Å². The lowest BCUT2D eigenvalue weighted by Gasteiger charge is -2.49. The summed E-state index contributed by atoms with van der Waals surface area (Å²) >= 11 is 0. The van der Waals surface area contributed by atoms with Crippen molar-refractivity contribution in [3.63, 3.8) is 0 Å². The monoisotopic (exact) mass is 192 g/mol. The molecule has 0 saturated heterocycles. The predicted molar refractivity (Wildman–Crippen MR) is 59.0 cm³/mol. The second kappa shape index (κ2) is 2.96. The highest BCUT2D eigenvalue weighted by Crippen LogP contribution is 2.53. The molecule has 0 amide bonds. The second-order valence-electron chi connectivity index (χ2n) is 5.55. The molecule has 2 rings (SSSR count). The largest absolute Gasteiger partial charge is 0.392 e. The quantitative estimate of drug-likeness (QED) is 0.625. The Hall–Kier alpha value is -0.560. The number of aliphatic hydroxyl groups excluding tert-OH is 1. The lowest BCUT2D eigenvalue weighted by Crippen LogP contribution is -2.44. The van der Waals surface area contributed by atoms with E-state index in [1.165, 1.54) is 5.57 Å². The summed E-state index contributed by atoms with van der Waals surface area (Å²) in [6.07, 6.45) is 9.62. The number of allylic oxidation sites excluding steroid dienone is 3. The van der Waals surface area contributed by atoms with E-state index < -0.39 is 0 Å². The van der Waals surface area contributed by atoms with Crippen LogP contribution in [0, 0.1) is 10.8 Å². The first-order chi connectivity index (χ1) is 6.47. The molecule has 0 aromatic rings. The molecule has 1 N–H and O–H groups in total. The summed E-state index contributed by atoms with van der Waals surface area (Å²) in [6, 6.07) is 0. The Bertz CT molecular complexity index is 298. The van der Waals surface area contributed by atoms with Gasteiger partial charge in [-0.05, 0) is 24.7 Å². The van der Waals surface area contributed by atoms with E-state index in [0.717, 1.165) is 19.3 Å². The van der Waals surface area contributed by atoms with Crippen LogP contribution in [0.2, 0.25) is 0 Å². The lowest BCUT2D eigenvalue weighted by atomic mass is 9.57. The van der Waals surface area contributed by atoms with E-state index in [-0.39, 0.29) is 11.5 Å². The van der Waals surface area contributed by atoms with Gasteiger partial charge in [0.1, 0.15) is 0 Å². The van der Waals surface area contributed by atoms with Crippen LogP contribution in [0.15, 0.2) is 23.8 Å². The maximum atomic E-state index is 10.0. The molecule has 0 heterocycles. The number of hydrogen-bond acceptors (Lipinski definition) is 1. The second-order valence-corrected chi connectivity index (χ2v) is 5.55. The molecular formula is C13H20O. The van der Waals surface area contributed by atoms with E-state index in [1.807, 2.05) is 0 Å². The lowest BCUT2D eigenvalue weighted by molar-refractivity contribution is 0.0137. The Balaban J connectivity index is 2.43. The normalized spacial score (nSPS) is 40.3. The molecule has 0 radical (unpaired) electrons. The van der Waals surface area contributed by atoms with Gasteiger partial charge < -0.3 is 5.11 Å². The van der Waals surface area contributed by atoms with Crippen LogP contribution in [0.1, 0.15) is 40.0 Å². The van der Waals surface area contributed by atoms with Crippen LogP contribution in [0.25, 0.3) is 0 Å². The SMILES string of the molecule is CC1(C)C2=CC=CC[C@]2(C)CC[C@H]1O. The Kier molecular flexibility index (Phi) is 2.11. The van der Waals surface area contributed by atoms with Crippen molar-refractivity contribution in [3.8, 4) is 0 Å². The van der Waals surface area contributed by atoms with Crippen molar-refractivity contribution in [2.24, 2.45) is 10.8 Å². The molecule has 0 unspecified atom stereocenters. The van der Waals surface area contributed by atoms with Crippen LogP contribution >= 0.6 is 0 Å². The number of fused-ring (bicyclic) bond motifs is 1. The molecule has 0 bridgehead atoms. The molecule has 0 aromatic carbocycles. The molecule has 1 saturated carbocycles. The van der Waals surface area contributed by atoms with Crippen molar-refractivity contribution < 1.29 is 5.11 Å². The summed E-state index contributed by atoms with van der Waals surface area (Å²) in [7, 11) is 0. The van der Waals surface area contributed by atoms with Crippen LogP contribution in [0.4, 0.5) is 0 Å². The van der Waals surface area contributed by atoms with Gasteiger partial charge in [-0.25, -0.2) is 0 Å². The first kappa shape index (κ1) is 9.97. The van der Waals surface area contributed by atoms with Crippen LogP contribution in [0.3, 0.4) is 0 Å². The molecule has 78 valence electrons. The fourth-order valence-electron chi connectivity index (χ4n) is 3.03. The fourth-order valence-corrected chi connectivity index (χ4v) is 3.03. The van der Waals surface area contributed by atoms with Crippen LogP contribution in [0.5, 0.6) is 0 Å². The van der Waals surface area contributed by atoms with Crippen molar-refractivity contribution in [2.45, 2.75) is 46.1 Å². The van der Waals surface area contributed by atoms with Crippen molar-refractivity contribution in [3.05, 3.63) is 23.8 Å². The maximum Gasteiger partial charge on any atom is 0.0628 e. The molecule has 0 aromatic heterocycles. The molecule has 14 heavy (non-hydrogen) atoms. The zero-order valence-electron chi connectivity index (χ0n) is 9.38. The molecule has 2 atom stereocenters. The Morgan fingerprint density at radius 1 is 1.36 bits per heavy atom. The van der Waals surface area contributed by atoms with Gasteiger partial charge in [-0.2, -0.15) is 0 Å². The van der Waals surface area contributed by atoms with E-state index in [0.29, 0.717) is 5.41 Å². The van der Waals surface area contributed by atoms with Gasteiger partial charge in [0.15, 0.2) is 0 Å². The molecule has 1 heteroatoms. The Morgan fingerprint density at radius 3 is 2.79 bits per heavy atom. The van der Waals surface area contributed by atoms with Gasteiger partial charge in [0.05, 0.1) is 6.10 Å². The van der Waals surface area contributed by atoms with Crippen molar-refractivity contribution in [1.82, 2.24) is 0 Å². The zero-order valence-corrected chi connectivity index (χ0v) is 9.38. The summed E-state index contributed by atoms with van der Waals surface area (Å²) in [6.45, 7) is 6.66. The minimum Gasteiger partial charge on any atom is -0.392 e. The van der Waals surface area contributed by atoms with Gasteiger partial charge in [0, 0.05) is 5.41 Å². The molecular weight excluding hydrogens is 172 g/mol. The van der Waals surface area contributed by atoms with Gasteiger partial charge >= 0.3 is 0 Å². The van der Waals surface area contributed by atoms with Gasteiger partial charge in [0.2, 0.25) is 0 Å². The van der Waals surface area contributed by atoms with E-state index in [4.69, 9.17) is 0 Å².